The van der Waals surface area contributed by atoms with Crippen LogP contribution < -0.4 is 21.2 Å². The summed E-state index contributed by atoms with van der Waals surface area (Å²) in [4.78, 5) is 13.6. The predicted molar refractivity (Wildman–Crippen MR) is 160 cm³/mol. The van der Waals surface area contributed by atoms with Crippen molar-refractivity contribution >= 4 is 65.0 Å². The molecule has 4 rings (SSSR count). The Balaban J connectivity index is 0.00000342. The van der Waals surface area contributed by atoms with Crippen molar-refractivity contribution in [1.29, 1.82) is 0 Å². The molecule has 0 saturated heterocycles. The van der Waals surface area contributed by atoms with Crippen molar-refractivity contribution in [3.8, 4) is 0 Å². The first-order chi connectivity index (χ1) is 16.7. The molecular weight excluding hydrogens is 509 g/mol. The molecule has 0 radical (unpaired) electrons. The van der Waals surface area contributed by atoms with Crippen LogP contribution in [-0.4, -0.2) is 18.4 Å². The van der Waals surface area contributed by atoms with E-state index in [-0.39, 0.29) is 18.3 Å². The number of nitrogens with one attached hydrogen (secondary N) is 1. The summed E-state index contributed by atoms with van der Waals surface area (Å²) >= 11 is 3.36. The van der Waals surface area contributed by atoms with E-state index in [0.29, 0.717) is 5.56 Å². The van der Waals surface area contributed by atoms with Gasteiger partial charge in [0.15, 0.2) is 12.7 Å². The summed E-state index contributed by atoms with van der Waals surface area (Å²) in [7, 11) is -2.42. The van der Waals surface area contributed by atoms with Crippen LogP contribution in [0, 0.1) is 0 Å². The molecule has 0 fully saturated rings. The fourth-order valence-electron chi connectivity index (χ4n) is 4.11. The third-order valence-corrected chi connectivity index (χ3v) is 12.3. The molecule has 0 aromatic heterocycles. The normalized spacial score (nSPS) is 10.7. The zero-order valence-electron chi connectivity index (χ0n) is 19.6. The lowest BCUT2D eigenvalue weighted by Crippen LogP contribution is -2.38. The lowest BCUT2D eigenvalue weighted by atomic mass is 10.2. The lowest BCUT2D eigenvalue weighted by molar-refractivity contribution is 0.0968. The van der Waals surface area contributed by atoms with Gasteiger partial charge in [-0.15, -0.1) is 35.9 Å². The molecule has 0 bridgehead atoms. The highest BCUT2D eigenvalue weighted by molar-refractivity contribution is 8.22. The highest BCUT2D eigenvalue weighted by atomic mass is 35.5. The Morgan fingerprint density at radius 2 is 0.943 bits per heavy atom. The van der Waals surface area contributed by atoms with E-state index in [0.717, 1.165) is 9.68 Å². The lowest BCUT2D eigenvalue weighted by Gasteiger charge is -2.30. The molecule has 1 amide bonds. The minimum absolute atomic E-state index is 0. The molecule has 0 saturated carbocycles. The van der Waals surface area contributed by atoms with Gasteiger partial charge >= 0.3 is 0 Å². The number of halogens is 1. The summed E-state index contributed by atoms with van der Waals surface area (Å²) in [5.74, 6) is -0.0941. The minimum atomic E-state index is -2.42. The van der Waals surface area contributed by atoms with Crippen LogP contribution in [0.2, 0.25) is 0 Å². The molecule has 4 aromatic carbocycles. The molecule has 0 atom stereocenters. The van der Waals surface area contributed by atoms with Gasteiger partial charge in [0.2, 0.25) is 0 Å². The number of carbonyl (C=O) groups excluding carboxylic acids is 1. The Bertz CT molecular complexity index is 1150. The molecule has 0 spiro atoms. The van der Waals surface area contributed by atoms with Gasteiger partial charge in [-0.3, -0.25) is 10.1 Å². The third kappa shape index (κ3) is 5.68. The van der Waals surface area contributed by atoms with E-state index in [9.17, 15) is 4.79 Å². The van der Waals surface area contributed by atoms with Gasteiger partial charge in [0, 0.05) is 5.56 Å². The van der Waals surface area contributed by atoms with Crippen molar-refractivity contribution in [1.82, 2.24) is 5.32 Å². The molecule has 0 aliphatic carbocycles. The van der Waals surface area contributed by atoms with Crippen LogP contribution in [-0.2, 0) is 0 Å². The summed E-state index contributed by atoms with van der Waals surface area (Å²) < 4.78 is 1.11. The largest absolute Gasteiger partial charge is 0.291 e. The fourth-order valence-corrected chi connectivity index (χ4v) is 10.7. The van der Waals surface area contributed by atoms with Crippen molar-refractivity contribution in [3.63, 3.8) is 0 Å². The van der Waals surface area contributed by atoms with E-state index in [1.807, 2.05) is 48.5 Å². The molecule has 1 N–H and O–H groups in total. The van der Waals surface area contributed by atoms with E-state index in [1.54, 1.807) is 23.5 Å². The van der Waals surface area contributed by atoms with Crippen molar-refractivity contribution in [2.24, 2.45) is 0 Å². The Morgan fingerprint density at radius 1 is 0.600 bits per heavy atom. The van der Waals surface area contributed by atoms with Crippen LogP contribution >= 0.6 is 43.2 Å². The van der Waals surface area contributed by atoms with Gasteiger partial charge < -0.3 is 0 Å². The molecule has 6 heteroatoms. The number of carbonyl (C=O) groups is 1. The average molecular weight is 537 g/mol. The maximum absolute atomic E-state index is 13.6. The minimum Gasteiger partial charge on any atom is -0.291 e. The second-order valence-electron chi connectivity index (χ2n) is 7.54. The fraction of sp³-hybridized carbons (Fsp3) is 0.0690. The molecule has 2 nitrogen and oxygen atoms in total. The molecule has 0 aliphatic rings. The number of hydrogen-bond donors (Lipinski definition) is 1. The predicted octanol–water partition coefficient (Wildman–Crippen LogP) is 6.68. The summed E-state index contributed by atoms with van der Waals surface area (Å²) in [5, 5.41) is 7.03. The number of amides is 1. The number of rotatable bonds is 8. The van der Waals surface area contributed by atoms with Gasteiger partial charge in [-0.05, 0) is 61.0 Å². The highest BCUT2D eigenvalue weighted by Gasteiger charge is 2.52. The van der Waals surface area contributed by atoms with Gasteiger partial charge in [-0.25, -0.2) is 0 Å². The maximum atomic E-state index is 13.6. The van der Waals surface area contributed by atoms with Gasteiger partial charge in [0.25, 0.3) is 5.91 Å². The summed E-state index contributed by atoms with van der Waals surface area (Å²) in [6.45, 7) is 0. The van der Waals surface area contributed by atoms with Crippen molar-refractivity contribution < 1.29 is 4.79 Å². The van der Waals surface area contributed by atoms with Gasteiger partial charge in [0.05, 0.1) is 0 Å². The second kappa shape index (κ2) is 13.0. The number of benzene rings is 4. The molecule has 0 aliphatic heterocycles. The van der Waals surface area contributed by atoms with Gasteiger partial charge in [-0.2, -0.15) is 0 Å². The van der Waals surface area contributed by atoms with Crippen molar-refractivity contribution in [2.45, 2.75) is 0 Å². The van der Waals surface area contributed by atoms with E-state index in [1.165, 1.54) is 15.9 Å². The van der Waals surface area contributed by atoms with Gasteiger partial charge in [0.1, 0.15) is 20.2 Å². The van der Waals surface area contributed by atoms with Crippen LogP contribution in [0.5, 0.6) is 0 Å². The summed E-state index contributed by atoms with van der Waals surface area (Å²) in [6.07, 6.45) is 4.16. The topological polar surface area (TPSA) is 29.1 Å². The third-order valence-electron chi connectivity index (χ3n) is 5.60. The summed E-state index contributed by atoms with van der Waals surface area (Å²) in [6, 6.07) is 41.3. The molecule has 0 heterocycles. The molecule has 0 unspecified atom stereocenters. The Labute approximate surface area is 223 Å². The van der Waals surface area contributed by atoms with Crippen molar-refractivity contribution in [2.75, 3.05) is 12.5 Å². The maximum Gasteiger partial charge on any atom is 0.258 e. The number of thioether (sulfide) groups is 2. The van der Waals surface area contributed by atoms with Gasteiger partial charge in [-0.1, -0.05) is 72.8 Å². The molecular formula is C29H28ClNOPS2+. The van der Waals surface area contributed by atoms with E-state index in [4.69, 9.17) is 0 Å². The number of hydrogen-bond acceptors (Lipinski definition) is 3. The second-order valence-corrected chi connectivity index (χ2v) is 12.8. The monoisotopic (exact) mass is 536 g/mol. The van der Waals surface area contributed by atoms with Crippen LogP contribution in [0.4, 0.5) is 0 Å². The summed E-state index contributed by atoms with van der Waals surface area (Å²) in [5.41, 5.74) is 1.62. The highest BCUT2D eigenvalue weighted by Crippen LogP contribution is 2.64. The van der Waals surface area contributed by atoms with E-state index >= 15 is 0 Å². The van der Waals surface area contributed by atoms with E-state index < -0.39 is 7.26 Å². The van der Waals surface area contributed by atoms with E-state index in [2.05, 4.69) is 90.6 Å². The molecule has 35 heavy (non-hydrogen) atoms. The Hall–Kier alpha value is -2.49. The Kier molecular flexibility index (Phi) is 10.1. The standard InChI is InChI=1S/C29H26NOPS2.ClH/c1-33-29(34-2)28(30-27(31)23-15-7-3-8-16-23)32(24-17-9-4-10-18-24,25-19-11-5-12-20-25)26-21-13-6-14-22-26;/h3-22H,1-2H3;1H/p+1. The average Bonchev–Trinajstić information content (AvgIpc) is 2.92. The first-order valence-electron chi connectivity index (χ1n) is 11.0. The van der Waals surface area contributed by atoms with Crippen LogP contribution in [0.15, 0.2) is 131 Å². The Morgan fingerprint density at radius 3 is 1.29 bits per heavy atom. The SMILES string of the molecule is CSC(SC)=C(NC(=O)c1ccccc1)[P+](c1ccccc1)(c1ccccc1)c1ccccc1.Cl. The van der Waals surface area contributed by atoms with Crippen LogP contribution in [0.3, 0.4) is 0 Å². The molecule has 178 valence electrons. The van der Waals surface area contributed by atoms with Crippen molar-refractivity contribution in [3.05, 3.63) is 137 Å². The first-order valence-corrected chi connectivity index (χ1v) is 15.2. The quantitative estimate of drug-likeness (QED) is 0.254. The van der Waals surface area contributed by atoms with Crippen LogP contribution in [0.25, 0.3) is 0 Å². The van der Waals surface area contributed by atoms with Crippen LogP contribution in [0.1, 0.15) is 10.4 Å². The zero-order valence-corrected chi connectivity index (χ0v) is 23.0. The smallest absolute Gasteiger partial charge is 0.258 e. The zero-order chi connectivity index (χ0) is 23.8. The molecule has 4 aromatic rings. The first kappa shape index (κ1) is 27.1.